The molecule has 23 heavy (non-hydrogen) atoms. The molecule has 1 aliphatic carbocycles. The van der Waals surface area contributed by atoms with E-state index in [0.29, 0.717) is 37.3 Å². The van der Waals surface area contributed by atoms with Crippen LogP contribution in [0, 0.1) is 5.41 Å². The van der Waals surface area contributed by atoms with Crippen molar-refractivity contribution in [3.63, 3.8) is 0 Å². The summed E-state index contributed by atoms with van der Waals surface area (Å²) in [7, 11) is 0. The average molecular weight is 318 g/mol. The molecule has 1 saturated heterocycles. The topological polar surface area (TPSA) is 88.3 Å². The summed E-state index contributed by atoms with van der Waals surface area (Å²) in [6.45, 7) is 5.09. The van der Waals surface area contributed by atoms with Gasteiger partial charge in [0.15, 0.2) is 5.78 Å². The standard InChI is InChI=1S/C17H22N2O4/c1-17(2)7-13-11(14(20)8-17)6-12(16(22)19-13)15(21)18-9-10-4-3-5-23-10/h6,10H,3-5,7-9H2,1-2H3,(H,18,21)(H,19,22)/t10-/m1/s1. The fourth-order valence-corrected chi connectivity index (χ4v) is 3.30. The SMILES string of the molecule is CC1(C)CC(=O)c2cc(C(=O)NC[C@H]3CCCO3)c(=O)[nH]c2C1. The largest absolute Gasteiger partial charge is 0.376 e. The van der Waals surface area contributed by atoms with E-state index in [4.69, 9.17) is 4.74 Å². The van der Waals surface area contributed by atoms with E-state index >= 15 is 0 Å². The number of amides is 1. The molecular weight excluding hydrogens is 296 g/mol. The monoisotopic (exact) mass is 318 g/mol. The lowest BCUT2D eigenvalue weighted by atomic mass is 9.75. The summed E-state index contributed by atoms with van der Waals surface area (Å²) in [5.74, 6) is -0.483. The highest BCUT2D eigenvalue weighted by Gasteiger charge is 2.32. The van der Waals surface area contributed by atoms with Gasteiger partial charge in [0, 0.05) is 30.8 Å². The van der Waals surface area contributed by atoms with Crippen LogP contribution >= 0.6 is 0 Å². The molecule has 0 aromatic carbocycles. The molecule has 1 aliphatic heterocycles. The van der Waals surface area contributed by atoms with Crippen molar-refractivity contribution in [2.24, 2.45) is 5.41 Å². The molecular formula is C17H22N2O4. The number of rotatable bonds is 3. The lowest BCUT2D eigenvalue weighted by molar-refractivity contribution is 0.0856. The van der Waals surface area contributed by atoms with Crippen molar-refractivity contribution < 1.29 is 14.3 Å². The first-order valence-electron chi connectivity index (χ1n) is 8.05. The number of hydrogen-bond acceptors (Lipinski definition) is 4. The van der Waals surface area contributed by atoms with Gasteiger partial charge in [0.25, 0.3) is 11.5 Å². The maximum Gasteiger partial charge on any atom is 0.261 e. The third-order valence-corrected chi connectivity index (χ3v) is 4.48. The number of pyridine rings is 1. The van der Waals surface area contributed by atoms with Gasteiger partial charge in [0.1, 0.15) is 5.56 Å². The van der Waals surface area contributed by atoms with Gasteiger partial charge < -0.3 is 15.0 Å². The van der Waals surface area contributed by atoms with Crippen molar-refractivity contribution in [2.45, 2.75) is 45.6 Å². The van der Waals surface area contributed by atoms with Gasteiger partial charge in [-0.2, -0.15) is 0 Å². The van der Waals surface area contributed by atoms with Gasteiger partial charge in [-0.1, -0.05) is 13.8 Å². The molecule has 2 N–H and O–H groups in total. The first-order valence-corrected chi connectivity index (χ1v) is 8.05. The highest BCUT2D eigenvalue weighted by Crippen LogP contribution is 2.33. The second-order valence-electron chi connectivity index (χ2n) is 7.19. The number of Topliss-reactive ketones (excluding diaryl/α,β-unsaturated/α-hetero) is 1. The van der Waals surface area contributed by atoms with Crippen molar-refractivity contribution in [1.29, 1.82) is 0 Å². The Balaban J connectivity index is 1.80. The van der Waals surface area contributed by atoms with Gasteiger partial charge in [0.2, 0.25) is 0 Å². The van der Waals surface area contributed by atoms with Gasteiger partial charge in [0.05, 0.1) is 6.10 Å². The Bertz CT molecular complexity index is 699. The van der Waals surface area contributed by atoms with Crippen LogP contribution in [0.3, 0.4) is 0 Å². The summed E-state index contributed by atoms with van der Waals surface area (Å²) >= 11 is 0. The lowest BCUT2D eigenvalue weighted by Crippen LogP contribution is -2.37. The fourth-order valence-electron chi connectivity index (χ4n) is 3.30. The van der Waals surface area contributed by atoms with Gasteiger partial charge in [-0.25, -0.2) is 0 Å². The smallest absolute Gasteiger partial charge is 0.261 e. The maximum atomic E-state index is 12.3. The summed E-state index contributed by atoms with van der Waals surface area (Å²) in [4.78, 5) is 39.4. The molecule has 0 saturated carbocycles. The van der Waals surface area contributed by atoms with E-state index in [9.17, 15) is 14.4 Å². The van der Waals surface area contributed by atoms with Gasteiger partial charge in [-0.05, 0) is 30.7 Å². The molecule has 1 aromatic heterocycles. The van der Waals surface area contributed by atoms with E-state index in [1.807, 2.05) is 13.8 Å². The molecule has 2 heterocycles. The summed E-state index contributed by atoms with van der Waals surface area (Å²) in [5, 5.41) is 2.72. The molecule has 0 radical (unpaired) electrons. The summed E-state index contributed by atoms with van der Waals surface area (Å²) in [6.07, 6.45) is 2.96. The first-order chi connectivity index (χ1) is 10.9. The third kappa shape index (κ3) is 3.37. The normalized spacial score (nSPS) is 22.7. The van der Waals surface area contributed by atoms with Crippen LogP contribution in [-0.2, 0) is 11.2 Å². The van der Waals surface area contributed by atoms with Crippen molar-refractivity contribution in [2.75, 3.05) is 13.2 Å². The molecule has 6 nitrogen and oxygen atoms in total. The quantitative estimate of drug-likeness (QED) is 0.882. The van der Waals surface area contributed by atoms with E-state index in [1.54, 1.807) is 0 Å². The molecule has 2 aliphatic rings. The zero-order chi connectivity index (χ0) is 16.6. The number of aromatic nitrogens is 1. The molecule has 1 atom stereocenters. The minimum atomic E-state index is -0.456. The number of aromatic amines is 1. The lowest BCUT2D eigenvalue weighted by Gasteiger charge is -2.29. The van der Waals surface area contributed by atoms with E-state index in [-0.39, 0.29) is 22.9 Å². The van der Waals surface area contributed by atoms with Crippen LogP contribution < -0.4 is 10.9 Å². The number of nitrogens with one attached hydrogen (secondary N) is 2. The van der Waals surface area contributed by atoms with Crippen molar-refractivity contribution in [1.82, 2.24) is 10.3 Å². The molecule has 124 valence electrons. The molecule has 1 fully saturated rings. The number of H-pyrrole nitrogens is 1. The number of carbonyl (C=O) groups is 2. The Morgan fingerprint density at radius 2 is 2.17 bits per heavy atom. The summed E-state index contributed by atoms with van der Waals surface area (Å²) in [6, 6.07) is 1.44. The van der Waals surface area contributed by atoms with Crippen LogP contribution in [0.25, 0.3) is 0 Å². The fraction of sp³-hybridized carbons (Fsp3) is 0.588. The number of hydrogen-bond donors (Lipinski definition) is 2. The van der Waals surface area contributed by atoms with Gasteiger partial charge in [-0.15, -0.1) is 0 Å². The van der Waals surface area contributed by atoms with Crippen LogP contribution in [0.15, 0.2) is 10.9 Å². The van der Waals surface area contributed by atoms with Crippen LogP contribution in [0.1, 0.15) is 59.5 Å². The molecule has 1 aromatic rings. The highest BCUT2D eigenvalue weighted by molar-refractivity contribution is 6.02. The summed E-state index contributed by atoms with van der Waals surface area (Å²) in [5.41, 5.74) is 0.475. The Kier molecular flexibility index (Phi) is 4.10. The van der Waals surface area contributed by atoms with Crippen LogP contribution in [0.4, 0.5) is 0 Å². The average Bonchev–Trinajstić information content (AvgIpc) is 2.96. The Morgan fingerprint density at radius 1 is 1.39 bits per heavy atom. The third-order valence-electron chi connectivity index (χ3n) is 4.48. The maximum absolute atomic E-state index is 12.3. The zero-order valence-corrected chi connectivity index (χ0v) is 13.5. The Morgan fingerprint density at radius 3 is 2.87 bits per heavy atom. The zero-order valence-electron chi connectivity index (χ0n) is 13.5. The van der Waals surface area contributed by atoms with E-state index in [0.717, 1.165) is 12.8 Å². The highest BCUT2D eigenvalue weighted by atomic mass is 16.5. The van der Waals surface area contributed by atoms with E-state index in [1.165, 1.54) is 6.07 Å². The molecule has 3 rings (SSSR count). The molecule has 0 bridgehead atoms. The van der Waals surface area contributed by atoms with Crippen molar-refractivity contribution >= 4 is 11.7 Å². The van der Waals surface area contributed by atoms with E-state index < -0.39 is 11.5 Å². The number of carbonyl (C=O) groups excluding carboxylic acids is 2. The number of fused-ring (bicyclic) bond motifs is 1. The predicted octanol–water partition coefficient (Wildman–Crippen LogP) is 1.44. The minimum absolute atomic E-state index is 0.00481. The van der Waals surface area contributed by atoms with Crippen molar-refractivity contribution in [3.05, 3.63) is 33.2 Å². The number of ketones is 1. The second-order valence-corrected chi connectivity index (χ2v) is 7.19. The molecule has 0 unspecified atom stereocenters. The van der Waals surface area contributed by atoms with E-state index in [2.05, 4.69) is 10.3 Å². The number of ether oxygens (including phenoxy) is 1. The Labute approximate surface area is 134 Å². The van der Waals surface area contributed by atoms with Gasteiger partial charge in [-0.3, -0.25) is 14.4 Å². The Hall–Kier alpha value is -1.95. The minimum Gasteiger partial charge on any atom is -0.376 e. The van der Waals surface area contributed by atoms with Crippen LogP contribution in [0.5, 0.6) is 0 Å². The van der Waals surface area contributed by atoms with Crippen LogP contribution in [0.2, 0.25) is 0 Å². The molecule has 6 heteroatoms. The molecule has 1 amide bonds. The second kappa shape index (κ2) is 5.92. The predicted molar refractivity (Wildman–Crippen MR) is 84.8 cm³/mol. The summed E-state index contributed by atoms with van der Waals surface area (Å²) < 4.78 is 5.45. The van der Waals surface area contributed by atoms with Gasteiger partial charge >= 0.3 is 0 Å². The van der Waals surface area contributed by atoms with Crippen molar-refractivity contribution in [3.8, 4) is 0 Å². The first kappa shape index (κ1) is 15.9. The molecule has 0 spiro atoms. The van der Waals surface area contributed by atoms with Crippen LogP contribution in [-0.4, -0.2) is 35.9 Å².